The largest absolute Gasteiger partial charge is 0.496 e. The summed E-state index contributed by atoms with van der Waals surface area (Å²) in [6.45, 7) is 0.321. The van der Waals surface area contributed by atoms with Crippen molar-refractivity contribution in [3.05, 3.63) is 64.7 Å². The van der Waals surface area contributed by atoms with Crippen LogP contribution < -0.4 is 10.1 Å². The van der Waals surface area contributed by atoms with Gasteiger partial charge in [-0.2, -0.15) is 13.2 Å². The molecule has 0 aromatic heterocycles. The van der Waals surface area contributed by atoms with E-state index in [-0.39, 0.29) is 24.4 Å². The molecule has 2 aromatic rings. The van der Waals surface area contributed by atoms with Gasteiger partial charge in [-0.05, 0) is 41.8 Å². The first-order valence-electron chi connectivity index (χ1n) is 8.67. The Morgan fingerprint density at radius 2 is 1.72 bits per heavy atom. The third-order valence-electron chi connectivity index (χ3n) is 4.34. The van der Waals surface area contributed by atoms with E-state index in [0.29, 0.717) is 17.7 Å². The topological polar surface area (TPSA) is 64.6 Å². The van der Waals surface area contributed by atoms with Crippen LogP contribution in [0.25, 0.3) is 0 Å². The Labute approximate surface area is 169 Å². The Hall–Kier alpha value is -2.52. The maximum absolute atomic E-state index is 12.6. The summed E-state index contributed by atoms with van der Waals surface area (Å²) >= 11 is 0.960. The summed E-state index contributed by atoms with van der Waals surface area (Å²) in [5, 5.41) is 1.43. The van der Waals surface area contributed by atoms with E-state index in [0.717, 1.165) is 35.0 Å². The second-order valence-electron chi connectivity index (χ2n) is 6.42. The lowest BCUT2D eigenvalue weighted by molar-refractivity contribution is -0.137. The van der Waals surface area contributed by atoms with Gasteiger partial charge in [-0.25, -0.2) is 0 Å². The summed E-state index contributed by atoms with van der Waals surface area (Å²) in [5.41, 5.74) is 1.50. The number of halogens is 3. The van der Waals surface area contributed by atoms with Crippen molar-refractivity contribution in [3.8, 4) is 5.75 Å². The van der Waals surface area contributed by atoms with Crippen LogP contribution in [0.5, 0.6) is 5.75 Å². The lowest BCUT2D eigenvalue weighted by Crippen LogP contribution is -2.25. The van der Waals surface area contributed by atoms with Gasteiger partial charge in [-0.3, -0.25) is 14.9 Å². The molecule has 1 N–H and O–H groups in total. The van der Waals surface area contributed by atoms with Crippen molar-refractivity contribution < 1.29 is 32.2 Å². The summed E-state index contributed by atoms with van der Waals surface area (Å²) in [7, 11) is 1.52. The fourth-order valence-electron chi connectivity index (χ4n) is 2.88. The highest BCUT2D eigenvalue weighted by Crippen LogP contribution is 2.29. The zero-order chi connectivity index (χ0) is 21.0. The standard InChI is InChI=1S/C20H18F3NO4S/c1-27-16-7-4-13(9-17-18(25)24-19(26)29-17)8-14(16)11-28-10-12-2-5-15(6-3-12)20(21,22)23/h2-8,17H,9-11H2,1H3,(H,24,25,26). The Bertz CT molecular complexity index is 900. The minimum absolute atomic E-state index is 0.140. The minimum Gasteiger partial charge on any atom is -0.496 e. The average Bonchev–Trinajstić information content (AvgIpc) is 2.98. The van der Waals surface area contributed by atoms with Crippen molar-refractivity contribution >= 4 is 22.9 Å². The van der Waals surface area contributed by atoms with Crippen molar-refractivity contribution in [3.63, 3.8) is 0 Å². The van der Waals surface area contributed by atoms with Crippen molar-refractivity contribution in [2.24, 2.45) is 0 Å². The molecule has 0 saturated carbocycles. The maximum atomic E-state index is 12.6. The van der Waals surface area contributed by atoms with Gasteiger partial charge in [0.1, 0.15) is 5.75 Å². The van der Waals surface area contributed by atoms with Crippen LogP contribution in [0.2, 0.25) is 0 Å². The minimum atomic E-state index is -4.37. The number of hydrogen-bond donors (Lipinski definition) is 1. The molecule has 9 heteroatoms. The van der Waals surface area contributed by atoms with Gasteiger partial charge < -0.3 is 9.47 Å². The number of methoxy groups -OCH3 is 1. The number of amides is 2. The highest BCUT2D eigenvalue weighted by molar-refractivity contribution is 8.15. The number of thioether (sulfide) groups is 1. The normalized spacial score (nSPS) is 16.8. The molecule has 1 aliphatic rings. The zero-order valence-corrected chi connectivity index (χ0v) is 16.2. The molecule has 1 heterocycles. The second kappa shape index (κ2) is 8.87. The van der Waals surface area contributed by atoms with Gasteiger partial charge in [0.05, 0.1) is 31.1 Å². The third kappa shape index (κ3) is 5.51. The smallest absolute Gasteiger partial charge is 0.416 e. The molecule has 0 radical (unpaired) electrons. The fraction of sp³-hybridized carbons (Fsp3) is 0.300. The molecule has 1 aliphatic heterocycles. The second-order valence-corrected chi connectivity index (χ2v) is 7.60. The van der Waals surface area contributed by atoms with E-state index < -0.39 is 17.0 Å². The highest BCUT2D eigenvalue weighted by Gasteiger charge is 2.31. The van der Waals surface area contributed by atoms with Crippen molar-refractivity contribution in [2.45, 2.75) is 31.1 Å². The van der Waals surface area contributed by atoms with Crippen LogP contribution >= 0.6 is 11.8 Å². The Kier molecular flexibility index (Phi) is 6.49. The number of alkyl halides is 3. The van der Waals surface area contributed by atoms with Gasteiger partial charge in [-0.1, -0.05) is 30.0 Å². The van der Waals surface area contributed by atoms with Crippen molar-refractivity contribution in [2.75, 3.05) is 7.11 Å². The van der Waals surface area contributed by atoms with Gasteiger partial charge in [0.15, 0.2) is 0 Å². The number of benzene rings is 2. The summed E-state index contributed by atoms with van der Waals surface area (Å²) in [5.74, 6) is 0.289. The Balaban J connectivity index is 1.62. The molecule has 0 aliphatic carbocycles. The van der Waals surface area contributed by atoms with E-state index in [1.807, 2.05) is 12.1 Å². The van der Waals surface area contributed by atoms with Crippen LogP contribution in [-0.2, 0) is 35.3 Å². The van der Waals surface area contributed by atoms with Gasteiger partial charge >= 0.3 is 6.18 Å². The molecule has 1 saturated heterocycles. The number of hydrogen-bond acceptors (Lipinski definition) is 5. The van der Waals surface area contributed by atoms with Gasteiger partial charge in [0, 0.05) is 5.56 Å². The van der Waals surface area contributed by atoms with E-state index in [9.17, 15) is 22.8 Å². The first kappa shape index (κ1) is 21.2. The molecule has 154 valence electrons. The van der Waals surface area contributed by atoms with Crippen LogP contribution in [0.1, 0.15) is 22.3 Å². The Morgan fingerprint density at radius 3 is 2.31 bits per heavy atom. The average molecular weight is 425 g/mol. The predicted octanol–water partition coefficient (Wildman–Crippen LogP) is 4.32. The molecule has 2 aromatic carbocycles. The van der Waals surface area contributed by atoms with Gasteiger partial charge in [-0.15, -0.1) is 0 Å². The molecule has 0 spiro atoms. The van der Waals surface area contributed by atoms with Gasteiger partial charge in [0.25, 0.3) is 5.24 Å². The summed E-state index contributed by atoms with van der Waals surface area (Å²) < 4.78 is 48.8. The summed E-state index contributed by atoms with van der Waals surface area (Å²) in [4.78, 5) is 23.0. The first-order valence-corrected chi connectivity index (χ1v) is 9.55. The van der Waals surface area contributed by atoms with Gasteiger partial charge in [0.2, 0.25) is 5.91 Å². The number of carbonyl (C=O) groups is 2. The molecule has 5 nitrogen and oxygen atoms in total. The number of imide groups is 1. The lowest BCUT2D eigenvalue weighted by atomic mass is 10.1. The molecule has 1 fully saturated rings. The molecule has 2 amide bonds. The molecular formula is C20H18F3NO4S. The number of rotatable bonds is 7. The first-order chi connectivity index (χ1) is 13.8. The van der Waals surface area contributed by atoms with Crippen LogP contribution in [-0.4, -0.2) is 23.5 Å². The number of nitrogens with one attached hydrogen (secondary N) is 1. The van der Waals surface area contributed by atoms with E-state index >= 15 is 0 Å². The lowest BCUT2D eigenvalue weighted by Gasteiger charge is -2.13. The number of ether oxygens (including phenoxy) is 2. The van der Waals surface area contributed by atoms with E-state index in [4.69, 9.17) is 9.47 Å². The van der Waals surface area contributed by atoms with Crippen LogP contribution in [0, 0.1) is 0 Å². The Morgan fingerprint density at radius 1 is 1.03 bits per heavy atom. The van der Waals surface area contributed by atoms with Crippen LogP contribution in [0.3, 0.4) is 0 Å². The molecule has 0 bridgehead atoms. The SMILES string of the molecule is COc1ccc(CC2SC(=O)NC2=O)cc1COCc1ccc(C(F)(F)F)cc1. The number of carbonyl (C=O) groups excluding carboxylic acids is 2. The molecule has 1 unspecified atom stereocenters. The van der Waals surface area contributed by atoms with Crippen LogP contribution in [0.15, 0.2) is 42.5 Å². The van der Waals surface area contributed by atoms with Crippen LogP contribution in [0.4, 0.5) is 18.0 Å². The predicted molar refractivity (Wildman–Crippen MR) is 102 cm³/mol. The van der Waals surface area contributed by atoms with E-state index in [2.05, 4.69) is 5.32 Å². The summed E-state index contributed by atoms with van der Waals surface area (Å²) in [6.07, 6.45) is -3.98. The van der Waals surface area contributed by atoms with Crippen molar-refractivity contribution in [1.29, 1.82) is 0 Å². The summed E-state index contributed by atoms with van der Waals surface area (Å²) in [6, 6.07) is 10.2. The third-order valence-corrected chi connectivity index (χ3v) is 5.32. The fourth-order valence-corrected chi connectivity index (χ4v) is 3.74. The van der Waals surface area contributed by atoms with Crippen molar-refractivity contribution in [1.82, 2.24) is 5.32 Å². The van der Waals surface area contributed by atoms with E-state index in [1.165, 1.54) is 19.2 Å². The highest BCUT2D eigenvalue weighted by atomic mass is 32.2. The zero-order valence-electron chi connectivity index (χ0n) is 15.4. The molecular weight excluding hydrogens is 407 g/mol. The molecule has 1 atom stereocenters. The molecule has 3 rings (SSSR count). The monoisotopic (exact) mass is 425 g/mol. The maximum Gasteiger partial charge on any atom is 0.416 e. The van der Waals surface area contributed by atoms with E-state index in [1.54, 1.807) is 6.07 Å². The molecule has 29 heavy (non-hydrogen) atoms. The quantitative estimate of drug-likeness (QED) is 0.716.